The van der Waals surface area contributed by atoms with E-state index in [0.717, 1.165) is 5.56 Å². The van der Waals surface area contributed by atoms with Crippen LogP contribution >= 0.6 is 0 Å². The van der Waals surface area contributed by atoms with Crippen LogP contribution in [0.4, 0.5) is 4.39 Å². The molecule has 0 heterocycles. The fraction of sp³-hybridized carbons (Fsp3) is 0.174. The number of carbonyl (C=O) groups is 1. The highest BCUT2D eigenvalue weighted by Gasteiger charge is 2.13. The molecular formula is C23H22FNO3. The van der Waals surface area contributed by atoms with Crippen LogP contribution in [-0.2, 0) is 6.61 Å². The number of amides is 1. The predicted molar refractivity (Wildman–Crippen MR) is 106 cm³/mol. The lowest BCUT2D eigenvalue weighted by atomic mass is 10.2. The van der Waals surface area contributed by atoms with Crippen molar-refractivity contribution in [2.75, 3.05) is 20.2 Å². The van der Waals surface area contributed by atoms with Gasteiger partial charge in [-0.25, -0.2) is 4.39 Å². The molecule has 0 fully saturated rings. The molecule has 5 heteroatoms. The van der Waals surface area contributed by atoms with Gasteiger partial charge in [-0.15, -0.1) is 0 Å². The van der Waals surface area contributed by atoms with Crippen molar-refractivity contribution in [3.8, 4) is 11.5 Å². The van der Waals surface area contributed by atoms with Crippen molar-refractivity contribution >= 4 is 5.91 Å². The maximum absolute atomic E-state index is 13.6. The van der Waals surface area contributed by atoms with Crippen LogP contribution in [0.25, 0.3) is 0 Å². The molecule has 0 aromatic heterocycles. The number of benzene rings is 3. The highest BCUT2D eigenvalue weighted by atomic mass is 19.1. The molecule has 144 valence electrons. The summed E-state index contributed by atoms with van der Waals surface area (Å²) in [5.74, 6) is 0.243. The Hall–Kier alpha value is -3.34. The van der Waals surface area contributed by atoms with Gasteiger partial charge >= 0.3 is 0 Å². The van der Waals surface area contributed by atoms with Crippen LogP contribution in [0.15, 0.2) is 78.9 Å². The molecule has 0 saturated carbocycles. The third kappa shape index (κ3) is 5.33. The van der Waals surface area contributed by atoms with Crippen LogP contribution < -0.4 is 9.47 Å². The van der Waals surface area contributed by atoms with Gasteiger partial charge in [0, 0.05) is 12.6 Å². The molecule has 0 bridgehead atoms. The summed E-state index contributed by atoms with van der Waals surface area (Å²) >= 11 is 0. The topological polar surface area (TPSA) is 38.8 Å². The zero-order valence-electron chi connectivity index (χ0n) is 15.7. The third-order valence-corrected chi connectivity index (χ3v) is 4.20. The first-order chi connectivity index (χ1) is 13.6. The van der Waals surface area contributed by atoms with Gasteiger partial charge < -0.3 is 14.4 Å². The predicted octanol–water partition coefficient (Wildman–Crippen LogP) is 4.56. The molecule has 0 spiro atoms. The van der Waals surface area contributed by atoms with E-state index >= 15 is 0 Å². The Morgan fingerprint density at radius 1 is 0.929 bits per heavy atom. The molecule has 1 amide bonds. The minimum Gasteiger partial charge on any atom is -0.489 e. The molecule has 3 rings (SSSR count). The van der Waals surface area contributed by atoms with E-state index in [1.165, 1.54) is 11.0 Å². The van der Waals surface area contributed by atoms with Crippen molar-refractivity contribution in [3.05, 3.63) is 95.8 Å². The van der Waals surface area contributed by atoms with Crippen LogP contribution in [-0.4, -0.2) is 31.0 Å². The Morgan fingerprint density at radius 2 is 1.68 bits per heavy atom. The summed E-state index contributed by atoms with van der Waals surface area (Å²) in [4.78, 5) is 14.2. The van der Waals surface area contributed by atoms with E-state index in [1.807, 2.05) is 36.4 Å². The highest BCUT2D eigenvalue weighted by molar-refractivity contribution is 5.94. The molecule has 28 heavy (non-hydrogen) atoms. The van der Waals surface area contributed by atoms with Crippen molar-refractivity contribution in [3.63, 3.8) is 0 Å². The summed E-state index contributed by atoms with van der Waals surface area (Å²) in [6.07, 6.45) is 0. The van der Waals surface area contributed by atoms with E-state index in [2.05, 4.69) is 0 Å². The van der Waals surface area contributed by atoms with E-state index in [1.54, 1.807) is 43.4 Å². The van der Waals surface area contributed by atoms with Gasteiger partial charge in [-0.3, -0.25) is 4.79 Å². The molecule has 0 unspecified atom stereocenters. The Morgan fingerprint density at radius 3 is 2.46 bits per heavy atom. The molecule has 0 aliphatic rings. The quantitative estimate of drug-likeness (QED) is 0.576. The van der Waals surface area contributed by atoms with E-state index in [-0.39, 0.29) is 18.3 Å². The number of carbonyl (C=O) groups excluding carboxylic acids is 1. The molecule has 0 aliphatic heterocycles. The molecule has 0 atom stereocenters. The van der Waals surface area contributed by atoms with E-state index < -0.39 is 5.82 Å². The van der Waals surface area contributed by atoms with Crippen LogP contribution in [0.3, 0.4) is 0 Å². The zero-order chi connectivity index (χ0) is 19.8. The minimum absolute atomic E-state index is 0.151. The average molecular weight is 379 g/mol. The van der Waals surface area contributed by atoms with Crippen molar-refractivity contribution in [2.45, 2.75) is 6.61 Å². The normalized spacial score (nSPS) is 10.4. The molecule has 0 aliphatic carbocycles. The second-order valence-corrected chi connectivity index (χ2v) is 6.31. The van der Waals surface area contributed by atoms with Crippen molar-refractivity contribution in [1.82, 2.24) is 4.90 Å². The number of hydrogen-bond acceptors (Lipinski definition) is 3. The number of para-hydroxylation sites is 1. The minimum atomic E-state index is -0.417. The van der Waals surface area contributed by atoms with E-state index in [0.29, 0.717) is 24.5 Å². The standard InChI is InChI=1S/C23H22FNO3/c1-25(14-15-27-22-13-6-5-12-21(22)24)23(26)19-10-7-11-20(16-19)28-17-18-8-3-2-4-9-18/h2-13,16H,14-15,17H2,1H3. The Bertz CT molecular complexity index is 914. The summed E-state index contributed by atoms with van der Waals surface area (Å²) in [5.41, 5.74) is 1.58. The number of rotatable bonds is 8. The first kappa shape index (κ1) is 19.4. The van der Waals surface area contributed by atoms with Crippen molar-refractivity contribution < 1.29 is 18.7 Å². The fourth-order valence-electron chi connectivity index (χ4n) is 2.64. The van der Waals surface area contributed by atoms with Gasteiger partial charge in [0.15, 0.2) is 11.6 Å². The smallest absolute Gasteiger partial charge is 0.253 e. The number of hydrogen-bond donors (Lipinski definition) is 0. The molecule has 4 nitrogen and oxygen atoms in total. The molecule has 3 aromatic carbocycles. The summed E-state index contributed by atoms with van der Waals surface area (Å²) in [7, 11) is 1.69. The summed E-state index contributed by atoms with van der Waals surface area (Å²) < 4.78 is 24.7. The number of ether oxygens (including phenoxy) is 2. The molecule has 0 N–H and O–H groups in total. The van der Waals surface area contributed by atoms with Gasteiger partial charge in [-0.05, 0) is 35.9 Å². The molecule has 3 aromatic rings. The van der Waals surface area contributed by atoms with Crippen LogP contribution in [0.5, 0.6) is 11.5 Å². The lowest BCUT2D eigenvalue weighted by Gasteiger charge is -2.18. The van der Waals surface area contributed by atoms with Gasteiger partial charge in [0.05, 0.1) is 6.54 Å². The summed E-state index contributed by atoms with van der Waals surface area (Å²) in [5, 5.41) is 0. The van der Waals surface area contributed by atoms with Gasteiger partial charge in [0.1, 0.15) is 19.0 Å². The third-order valence-electron chi connectivity index (χ3n) is 4.20. The fourth-order valence-corrected chi connectivity index (χ4v) is 2.64. The maximum atomic E-state index is 13.6. The zero-order valence-corrected chi connectivity index (χ0v) is 15.7. The molecule has 0 saturated heterocycles. The monoisotopic (exact) mass is 379 g/mol. The highest BCUT2D eigenvalue weighted by Crippen LogP contribution is 2.17. The molecule has 0 radical (unpaired) electrons. The number of likely N-dealkylation sites (N-methyl/N-ethyl adjacent to an activating group) is 1. The van der Waals surface area contributed by atoms with Crippen molar-refractivity contribution in [2.24, 2.45) is 0 Å². The average Bonchev–Trinajstić information content (AvgIpc) is 2.74. The Balaban J connectivity index is 1.53. The lowest BCUT2D eigenvalue weighted by molar-refractivity contribution is 0.0772. The number of nitrogens with zero attached hydrogens (tertiary/aromatic N) is 1. The second kappa shape index (κ2) is 9.55. The summed E-state index contributed by atoms with van der Waals surface area (Å²) in [6.45, 7) is 0.973. The Kier molecular flexibility index (Phi) is 6.63. The van der Waals surface area contributed by atoms with Crippen LogP contribution in [0, 0.1) is 5.82 Å². The molecular weight excluding hydrogens is 357 g/mol. The van der Waals surface area contributed by atoms with Gasteiger partial charge in [0.25, 0.3) is 5.91 Å². The lowest BCUT2D eigenvalue weighted by Crippen LogP contribution is -2.30. The Labute approximate surface area is 164 Å². The SMILES string of the molecule is CN(CCOc1ccccc1F)C(=O)c1cccc(OCc2ccccc2)c1. The second-order valence-electron chi connectivity index (χ2n) is 6.31. The largest absolute Gasteiger partial charge is 0.489 e. The van der Waals surface area contributed by atoms with Gasteiger partial charge in [-0.2, -0.15) is 0 Å². The van der Waals surface area contributed by atoms with E-state index in [9.17, 15) is 9.18 Å². The first-order valence-corrected chi connectivity index (χ1v) is 9.03. The summed E-state index contributed by atoms with van der Waals surface area (Å²) in [6, 6.07) is 23.1. The first-order valence-electron chi connectivity index (χ1n) is 9.03. The maximum Gasteiger partial charge on any atom is 0.253 e. The van der Waals surface area contributed by atoms with Crippen molar-refractivity contribution in [1.29, 1.82) is 0 Å². The van der Waals surface area contributed by atoms with Gasteiger partial charge in [-0.1, -0.05) is 48.5 Å². The number of halogens is 1. The van der Waals surface area contributed by atoms with Crippen LogP contribution in [0.2, 0.25) is 0 Å². The van der Waals surface area contributed by atoms with Crippen LogP contribution in [0.1, 0.15) is 15.9 Å². The van der Waals surface area contributed by atoms with E-state index in [4.69, 9.17) is 9.47 Å². The van der Waals surface area contributed by atoms with Gasteiger partial charge in [0.2, 0.25) is 0 Å².